The largest absolute Gasteiger partial charge is 0.508 e. The first-order chi connectivity index (χ1) is 8.20. The molecule has 0 saturated heterocycles. The van der Waals surface area contributed by atoms with Crippen molar-refractivity contribution in [2.75, 3.05) is 13.2 Å². The van der Waals surface area contributed by atoms with Gasteiger partial charge in [-0.3, -0.25) is 4.55 Å². The van der Waals surface area contributed by atoms with Crippen molar-refractivity contribution in [3.8, 4) is 0 Å². The topological polar surface area (TPSA) is 89.9 Å². The molecular formula is C9H16F2O6S. The maximum atomic E-state index is 12.6. The summed E-state index contributed by atoms with van der Waals surface area (Å²) in [5.74, 6) is 0. The smallest absolute Gasteiger partial charge is 0.434 e. The van der Waals surface area contributed by atoms with E-state index in [1.165, 1.54) is 0 Å². The molecule has 6 nitrogen and oxygen atoms in total. The van der Waals surface area contributed by atoms with E-state index in [0.717, 1.165) is 19.3 Å². The summed E-state index contributed by atoms with van der Waals surface area (Å²) in [5.41, 5.74) is 0. The van der Waals surface area contributed by atoms with Crippen molar-refractivity contribution in [1.29, 1.82) is 0 Å². The third-order valence-electron chi connectivity index (χ3n) is 1.95. The van der Waals surface area contributed by atoms with Gasteiger partial charge >= 0.3 is 21.5 Å². The second-order valence-corrected chi connectivity index (χ2v) is 5.11. The summed E-state index contributed by atoms with van der Waals surface area (Å²) in [7, 11) is -5.60. The molecule has 0 unspecified atom stereocenters. The first-order valence-electron chi connectivity index (χ1n) is 5.35. The third-order valence-corrected chi connectivity index (χ3v) is 2.83. The van der Waals surface area contributed by atoms with E-state index in [9.17, 15) is 22.0 Å². The molecule has 0 amide bonds. The molecule has 108 valence electrons. The number of ether oxygens (including phenoxy) is 2. The van der Waals surface area contributed by atoms with Gasteiger partial charge in [-0.05, 0) is 6.42 Å². The van der Waals surface area contributed by atoms with E-state index in [-0.39, 0.29) is 6.61 Å². The number of halogens is 2. The Morgan fingerprint density at radius 1 is 1.22 bits per heavy atom. The van der Waals surface area contributed by atoms with Crippen LogP contribution in [0.5, 0.6) is 0 Å². The highest BCUT2D eigenvalue weighted by atomic mass is 32.2. The van der Waals surface area contributed by atoms with Crippen LogP contribution in [-0.2, 0) is 19.6 Å². The molecule has 0 heterocycles. The Morgan fingerprint density at radius 3 is 2.33 bits per heavy atom. The van der Waals surface area contributed by atoms with Gasteiger partial charge < -0.3 is 9.47 Å². The zero-order valence-corrected chi connectivity index (χ0v) is 10.7. The molecule has 18 heavy (non-hydrogen) atoms. The second-order valence-electron chi connectivity index (χ2n) is 3.56. The lowest BCUT2D eigenvalue weighted by Gasteiger charge is -2.12. The molecular weight excluding hydrogens is 274 g/mol. The van der Waals surface area contributed by atoms with E-state index in [1.54, 1.807) is 0 Å². The maximum absolute atomic E-state index is 12.6. The predicted octanol–water partition coefficient (Wildman–Crippen LogP) is 2.20. The molecule has 0 aromatic rings. The molecule has 0 radical (unpaired) electrons. The van der Waals surface area contributed by atoms with Gasteiger partial charge in [0.15, 0.2) is 6.61 Å². The Labute approximate surface area is 104 Å². The number of rotatable bonds is 8. The van der Waals surface area contributed by atoms with E-state index in [1.807, 2.05) is 6.92 Å². The lowest BCUT2D eigenvalue weighted by Crippen LogP contribution is -2.34. The van der Waals surface area contributed by atoms with Gasteiger partial charge in [-0.15, -0.1) is 0 Å². The number of carbonyl (C=O) groups excluding carboxylic acids is 1. The number of carbonyl (C=O) groups is 1. The normalized spacial score (nSPS) is 12.2. The van der Waals surface area contributed by atoms with E-state index in [4.69, 9.17) is 4.55 Å². The zero-order valence-electron chi connectivity index (χ0n) is 9.90. The summed E-state index contributed by atoms with van der Waals surface area (Å²) in [6, 6.07) is 0. The minimum atomic E-state index is -5.60. The molecule has 0 atom stereocenters. The Bertz CT molecular complexity index is 354. The van der Waals surface area contributed by atoms with Crippen molar-refractivity contribution >= 4 is 16.3 Å². The van der Waals surface area contributed by atoms with Crippen LogP contribution in [0.15, 0.2) is 0 Å². The van der Waals surface area contributed by atoms with Crippen LogP contribution in [0.25, 0.3) is 0 Å². The van der Waals surface area contributed by atoms with E-state index in [0.29, 0.717) is 6.42 Å². The fourth-order valence-corrected chi connectivity index (χ4v) is 1.15. The Hall–Kier alpha value is -0.960. The Balaban J connectivity index is 3.84. The standard InChI is InChI=1S/C9H16F2O6S/c1-2-3-4-5-6-16-8(12)17-7-9(10,11)18(13,14)15/h2-7H2,1H3,(H,13,14,15). The average Bonchev–Trinajstić information content (AvgIpc) is 2.24. The molecule has 0 aliphatic heterocycles. The van der Waals surface area contributed by atoms with Gasteiger partial charge in [0.2, 0.25) is 0 Å². The number of unbranched alkanes of at least 4 members (excludes halogenated alkanes) is 3. The van der Waals surface area contributed by atoms with Gasteiger partial charge in [0.05, 0.1) is 6.61 Å². The minimum absolute atomic E-state index is 0.0102. The summed E-state index contributed by atoms with van der Waals surface area (Å²) >= 11 is 0. The van der Waals surface area contributed by atoms with Crippen LogP contribution in [0, 0.1) is 0 Å². The quantitative estimate of drug-likeness (QED) is 0.419. The molecule has 1 N–H and O–H groups in total. The third kappa shape index (κ3) is 6.70. The Morgan fingerprint density at radius 2 is 1.83 bits per heavy atom. The van der Waals surface area contributed by atoms with E-state index < -0.39 is 28.1 Å². The van der Waals surface area contributed by atoms with Crippen molar-refractivity contribution < 1.29 is 36.0 Å². The number of hydrogen-bond acceptors (Lipinski definition) is 5. The summed E-state index contributed by atoms with van der Waals surface area (Å²) in [6.45, 7) is 0.225. The highest BCUT2D eigenvalue weighted by molar-refractivity contribution is 7.86. The van der Waals surface area contributed by atoms with Gasteiger partial charge in [0, 0.05) is 0 Å². The summed E-state index contributed by atoms with van der Waals surface area (Å²) in [6.07, 6.45) is 1.95. The van der Waals surface area contributed by atoms with Gasteiger partial charge in [-0.25, -0.2) is 4.79 Å². The van der Waals surface area contributed by atoms with Crippen LogP contribution < -0.4 is 0 Å². The molecule has 0 aromatic carbocycles. The van der Waals surface area contributed by atoms with Gasteiger partial charge in [-0.1, -0.05) is 26.2 Å². The van der Waals surface area contributed by atoms with Crippen molar-refractivity contribution in [3.05, 3.63) is 0 Å². The Kier molecular flexibility index (Phi) is 7.07. The maximum Gasteiger partial charge on any atom is 0.508 e. The molecule has 0 rings (SSSR count). The van der Waals surface area contributed by atoms with Crippen molar-refractivity contribution in [1.82, 2.24) is 0 Å². The van der Waals surface area contributed by atoms with Crippen LogP contribution in [-0.4, -0.2) is 37.6 Å². The van der Waals surface area contributed by atoms with Crippen molar-refractivity contribution in [2.24, 2.45) is 0 Å². The molecule has 0 spiro atoms. The van der Waals surface area contributed by atoms with Crippen molar-refractivity contribution in [2.45, 2.75) is 37.9 Å². The molecule has 0 aromatic heterocycles. The molecule has 0 aliphatic carbocycles. The molecule has 9 heteroatoms. The lowest BCUT2D eigenvalue weighted by molar-refractivity contribution is -0.0198. The monoisotopic (exact) mass is 290 g/mol. The van der Waals surface area contributed by atoms with Crippen LogP contribution in [0.3, 0.4) is 0 Å². The molecule has 0 bridgehead atoms. The van der Waals surface area contributed by atoms with Crippen LogP contribution >= 0.6 is 0 Å². The fraction of sp³-hybridized carbons (Fsp3) is 0.889. The van der Waals surface area contributed by atoms with Crippen LogP contribution in [0.4, 0.5) is 13.6 Å². The van der Waals surface area contributed by atoms with Crippen LogP contribution in [0.2, 0.25) is 0 Å². The van der Waals surface area contributed by atoms with Crippen LogP contribution in [0.1, 0.15) is 32.6 Å². The zero-order chi connectivity index (χ0) is 14.2. The fourth-order valence-electron chi connectivity index (χ4n) is 0.943. The predicted molar refractivity (Wildman–Crippen MR) is 57.9 cm³/mol. The summed E-state index contributed by atoms with van der Waals surface area (Å²) < 4.78 is 62.0. The summed E-state index contributed by atoms with van der Waals surface area (Å²) in [4.78, 5) is 10.8. The molecule has 0 saturated carbocycles. The minimum Gasteiger partial charge on any atom is -0.434 e. The number of hydrogen-bond donors (Lipinski definition) is 1. The highest BCUT2D eigenvalue weighted by Gasteiger charge is 2.45. The van der Waals surface area contributed by atoms with Crippen molar-refractivity contribution in [3.63, 3.8) is 0 Å². The number of alkyl halides is 2. The molecule has 0 aliphatic rings. The highest BCUT2D eigenvalue weighted by Crippen LogP contribution is 2.20. The van der Waals surface area contributed by atoms with Gasteiger partial charge in [0.1, 0.15) is 0 Å². The van der Waals surface area contributed by atoms with E-state index >= 15 is 0 Å². The second kappa shape index (κ2) is 7.47. The molecule has 0 fully saturated rings. The first-order valence-corrected chi connectivity index (χ1v) is 6.79. The lowest BCUT2D eigenvalue weighted by atomic mass is 10.2. The van der Waals surface area contributed by atoms with E-state index in [2.05, 4.69) is 9.47 Å². The van der Waals surface area contributed by atoms with Gasteiger partial charge in [-0.2, -0.15) is 17.2 Å². The first kappa shape index (κ1) is 17.0. The van der Waals surface area contributed by atoms with Gasteiger partial charge in [0.25, 0.3) is 0 Å². The SMILES string of the molecule is CCCCCCOC(=O)OCC(F)(F)S(=O)(=O)O. The average molecular weight is 290 g/mol. The summed E-state index contributed by atoms with van der Waals surface area (Å²) in [5, 5.41) is -4.53.